The summed E-state index contributed by atoms with van der Waals surface area (Å²) in [6, 6.07) is 14.7. The molecule has 0 aliphatic rings. The third kappa shape index (κ3) is 5.62. The van der Waals surface area contributed by atoms with Gasteiger partial charge in [0.1, 0.15) is 5.01 Å². The smallest absolute Gasteiger partial charge is 0.241 e. The second-order valence-electron chi connectivity index (χ2n) is 6.49. The monoisotopic (exact) mass is 432 g/mol. The Morgan fingerprint density at radius 2 is 1.76 bits per heavy atom. The van der Waals surface area contributed by atoms with E-state index in [1.165, 1.54) is 23.5 Å². The zero-order chi connectivity index (χ0) is 20.9. The predicted octanol–water partition coefficient (Wildman–Crippen LogP) is 7.34. The molecule has 0 fully saturated rings. The number of nitrogens with zero attached hydrogens (tertiary/aromatic N) is 2. The zero-order valence-electron chi connectivity index (χ0n) is 15.8. The molecule has 0 N–H and O–H groups in total. The standard InChI is InChI=1S/C22H19F3N2S2/c1-2-3-4-19-20(14-28-18-11-5-15(13-26)6-12-18)29-21(27-19)16-7-9-17(10-8-16)22(23,24)25/h5-12H,2-4,14H2,1H3. The average molecular weight is 433 g/mol. The van der Waals surface area contributed by atoms with Crippen molar-refractivity contribution in [2.24, 2.45) is 0 Å². The molecule has 0 radical (unpaired) electrons. The summed E-state index contributed by atoms with van der Waals surface area (Å²) in [5, 5.41) is 9.65. The minimum atomic E-state index is -4.34. The summed E-state index contributed by atoms with van der Waals surface area (Å²) < 4.78 is 38.4. The van der Waals surface area contributed by atoms with E-state index in [0.717, 1.165) is 57.6 Å². The number of hydrogen-bond acceptors (Lipinski definition) is 4. The number of aryl methyl sites for hydroxylation is 1. The van der Waals surface area contributed by atoms with Crippen molar-refractivity contribution in [3.63, 3.8) is 0 Å². The van der Waals surface area contributed by atoms with Crippen molar-refractivity contribution < 1.29 is 13.2 Å². The van der Waals surface area contributed by atoms with Crippen LogP contribution in [0.1, 0.15) is 41.5 Å². The lowest BCUT2D eigenvalue weighted by Gasteiger charge is -2.06. The van der Waals surface area contributed by atoms with Gasteiger partial charge in [0.25, 0.3) is 0 Å². The molecule has 2 aromatic carbocycles. The maximum absolute atomic E-state index is 12.8. The highest BCUT2D eigenvalue weighted by atomic mass is 32.2. The molecular weight excluding hydrogens is 413 g/mol. The number of alkyl halides is 3. The predicted molar refractivity (Wildman–Crippen MR) is 112 cm³/mol. The van der Waals surface area contributed by atoms with Gasteiger partial charge in [0.2, 0.25) is 0 Å². The molecule has 0 atom stereocenters. The van der Waals surface area contributed by atoms with Gasteiger partial charge in [-0.15, -0.1) is 23.1 Å². The van der Waals surface area contributed by atoms with Gasteiger partial charge >= 0.3 is 6.18 Å². The van der Waals surface area contributed by atoms with Gasteiger partial charge in [0.05, 0.1) is 22.9 Å². The third-order valence-electron chi connectivity index (χ3n) is 4.36. The molecule has 0 saturated carbocycles. The topological polar surface area (TPSA) is 36.7 Å². The summed E-state index contributed by atoms with van der Waals surface area (Å²) in [7, 11) is 0. The minimum absolute atomic E-state index is 0.625. The maximum atomic E-state index is 12.8. The largest absolute Gasteiger partial charge is 0.416 e. The highest BCUT2D eigenvalue weighted by molar-refractivity contribution is 7.98. The van der Waals surface area contributed by atoms with Gasteiger partial charge in [-0.25, -0.2) is 4.98 Å². The van der Waals surface area contributed by atoms with Crippen LogP contribution in [0.3, 0.4) is 0 Å². The first-order valence-corrected chi connectivity index (χ1v) is 11.0. The summed E-state index contributed by atoms with van der Waals surface area (Å²) >= 11 is 3.20. The lowest BCUT2D eigenvalue weighted by Crippen LogP contribution is -2.03. The van der Waals surface area contributed by atoms with Gasteiger partial charge in [-0.05, 0) is 49.2 Å². The van der Waals surface area contributed by atoms with E-state index < -0.39 is 11.7 Å². The first kappa shape index (κ1) is 21.4. The lowest BCUT2D eigenvalue weighted by atomic mass is 10.1. The normalized spacial score (nSPS) is 11.4. The van der Waals surface area contributed by atoms with Crippen molar-refractivity contribution in [3.05, 3.63) is 70.2 Å². The Morgan fingerprint density at radius 3 is 2.34 bits per heavy atom. The van der Waals surface area contributed by atoms with E-state index >= 15 is 0 Å². The van der Waals surface area contributed by atoms with E-state index in [2.05, 4.69) is 13.0 Å². The van der Waals surface area contributed by atoms with Crippen LogP contribution in [0.4, 0.5) is 13.2 Å². The molecule has 3 rings (SSSR count). The fourth-order valence-corrected chi connectivity index (χ4v) is 4.85. The summed E-state index contributed by atoms with van der Waals surface area (Å²) in [5.74, 6) is 0.739. The Labute approximate surface area is 176 Å². The number of unbranched alkanes of at least 4 members (excludes halogenated alkanes) is 1. The van der Waals surface area contributed by atoms with Crippen LogP contribution in [0.15, 0.2) is 53.4 Å². The summed E-state index contributed by atoms with van der Waals surface area (Å²) in [4.78, 5) is 6.94. The lowest BCUT2D eigenvalue weighted by molar-refractivity contribution is -0.137. The molecule has 7 heteroatoms. The van der Waals surface area contributed by atoms with E-state index in [1.807, 2.05) is 12.1 Å². The SMILES string of the molecule is CCCCc1nc(-c2ccc(C(F)(F)F)cc2)sc1CSc1ccc(C#N)cc1. The Hall–Kier alpha value is -2.30. The molecule has 0 bridgehead atoms. The van der Waals surface area contributed by atoms with Crippen molar-refractivity contribution >= 4 is 23.1 Å². The fourth-order valence-electron chi connectivity index (χ4n) is 2.74. The van der Waals surface area contributed by atoms with Crippen LogP contribution in [0.5, 0.6) is 0 Å². The number of thiazole rings is 1. The zero-order valence-corrected chi connectivity index (χ0v) is 17.4. The quantitative estimate of drug-likeness (QED) is 0.367. The van der Waals surface area contributed by atoms with Crippen molar-refractivity contribution in [2.45, 2.75) is 43.0 Å². The first-order valence-electron chi connectivity index (χ1n) is 9.20. The molecule has 0 amide bonds. The number of nitriles is 1. The Morgan fingerprint density at radius 1 is 1.07 bits per heavy atom. The Kier molecular flexibility index (Phi) is 6.99. The van der Waals surface area contributed by atoms with Crippen molar-refractivity contribution in [1.82, 2.24) is 4.98 Å². The van der Waals surface area contributed by atoms with E-state index in [9.17, 15) is 13.2 Å². The average Bonchev–Trinajstić information content (AvgIpc) is 3.13. The summed E-state index contributed by atoms with van der Waals surface area (Å²) in [6.07, 6.45) is -1.41. The molecule has 0 unspecified atom stereocenters. The first-order chi connectivity index (χ1) is 13.9. The van der Waals surface area contributed by atoms with Crippen LogP contribution < -0.4 is 0 Å². The molecule has 0 aliphatic heterocycles. The van der Waals surface area contributed by atoms with Crippen LogP contribution in [-0.4, -0.2) is 4.98 Å². The highest BCUT2D eigenvalue weighted by Crippen LogP contribution is 2.35. The van der Waals surface area contributed by atoms with Crippen molar-refractivity contribution in [3.8, 4) is 16.6 Å². The molecule has 1 heterocycles. The molecule has 0 saturated heterocycles. The number of hydrogen-bond donors (Lipinski definition) is 0. The van der Waals surface area contributed by atoms with Crippen LogP contribution >= 0.6 is 23.1 Å². The number of halogens is 3. The molecule has 1 aromatic heterocycles. The third-order valence-corrected chi connectivity index (χ3v) is 6.73. The molecule has 150 valence electrons. The molecule has 3 aromatic rings. The van der Waals surface area contributed by atoms with Gasteiger partial charge < -0.3 is 0 Å². The number of thioether (sulfide) groups is 1. The van der Waals surface area contributed by atoms with E-state index in [4.69, 9.17) is 10.2 Å². The number of rotatable bonds is 7. The highest BCUT2D eigenvalue weighted by Gasteiger charge is 2.30. The number of aromatic nitrogens is 1. The van der Waals surface area contributed by atoms with Gasteiger partial charge in [-0.2, -0.15) is 18.4 Å². The van der Waals surface area contributed by atoms with E-state index in [1.54, 1.807) is 23.9 Å². The number of benzene rings is 2. The Bertz CT molecular complexity index is 985. The van der Waals surface area contributed by atoms with Gasteiger partial charge in [-0.3, -0.25) is 0 Å². The molecule has 0 spiro atoms. The van der Waals surface area contributed by atoms with Gasteiger partial charge in [0, 0.05) is 21.1 Å². The van der Waals surface area contributed by atoms with Gasteiger partial charge in [0.15, 0.2) is 0 Å². The molecule has 29 heavy (non-hydrogen) atoms. The van der Waals surface area contributed by atoms with Crippen LogP contribution in [0.2, 0.25) is 0 Å². The molecule has 0 aliphatic carbocycles. The van der Waals surface area contributed by atoms with Crippen molar-refractivity contribution in [1.29, 1.82) is 5.26 Å². The molecule has 2 nitrogen and oxygen atoms in total. The summed E-state index contributed by atoms with van der Waals surface area (Å²) in [6.45, 7) is 2.12. The Balaban J connectivity index is 1.80. The second kappa shape index (κ2) is 9.47. The summed E-state index contributed by atoms with van der Waals surface area (Å²) in [5.41, 5.74) is 1.70. The van der Waals surface area contributed by atoms with Gasteiger partial charge in [-0.1, -0.05) is 25.5 Å². The minimum Gasteiger partial charge on any atom is -0.241 e. The van der Waals surface area contributed by atoms with E-state index in [0.29, 0.717) is 11.1 Å². The van der Waals surface area contributed by atoms with Crippen molar-refractivity contribution in [2.75, 3.05) is 0 Å². The maximum Gasteiger partial charge on any atom is 0.416 e. The second-order valence-corrected chi connectivity index (χ2v) is 8.62. The molecular formula is C22H19F3N2S2. The van der Waals surface area contributed by atoms with Crippen LogP contribution in [0.25, 0.3) is 10.6 Å². The van der Waals surface area contributed by atoms with E-state index in [-0.39, 0.29) is 0 Å². The van der Waals surface area contributed by atoms with Crippen LogP contribution in [0, 0.1) is 11.3 Å². The van der Waals surface area contributed by atoms with Crippen LogP contribution in [-0.2, 0) is 18.3 Å². The fraction of sp³-hybridized carbons (Fsp3) is 0.273.